The van der Waals surface area contributed by atoms with Crippen LogP contribution < -0.4 is 0 Å². The molecule has 1 aromatic heterocycles. The number of thioether (sulfide) groups is 2. The summed E-state index contributed by atoms with van der Waals surface area (Å²) in [5.74, 6) is 2.36. The molecule has 0 atom stereocenters. The Morgan fingerprint density at radius 1 is 1.13 bits per heavy atom. The molecule has 0 saturated carbocycles. The molecule has 1 aromatic carbocycles. The van der Waals surface area contributed by atoms with Crippen molar-refractivity contribution in [2.75, 3.05) is 11.5 Å². The van der Waals surface area contributed by atoms with Crippen molar-refractivity contribution >= 4 is 58.3 Å². The lowest BCUT2D eigenvalue weighted by atomic mass is 10.1. The SMILES string of the molecule is Clc1cc(Cl)c(CC2(CCCn3ccnc3)SCCS2)c(Cl)c1. The molecular formula is C16H17Cl3N2S2. The molecule has 0 unspecified atom stereocenters. The van der Waals surface area contributed by atoms with Gasteiger partial charge >= 0.3 is 0 Å². The number of imidazole rings is 1. The lowest BCUT2D eigenvalue weighted by Crippen LogP contribution is -2.22. The summed E-state index contributed by atoms with van der Waals surface area (Å²) in [7, 11) is 0. The third-order valence-electron chi connectivity index (χ3n) is 3.90. The summed E-state index contributed by atoms with van der Waals surface area (Å²) < 4.78 is 2.28. The average molecular weight is 408 g/mol. The summed E-state index contributed by atoms with van der Waals surface area (Å²) in [5.41, 5.74) is 1.02. The van der Waals surface area contributed by atoms with Crippen LogP contribution in [0, 0.1) is 0 Å². The average Bonchev–Trinajstić information content (AvgIpc) is 3.15. The van der Waals surface area contributed by atoms with Crippen LogP contribution in [-0.4, -0.2) is 25.1 Å². The zero-order chi connectivity index (χ0) is 16.3. The molecule has 0 amide bonds. The van der Waals surface area contributed by atoms with Gasteiger partial charge in [0.15, 0.2) is 0 Å². The fraction of sp³-hybridized carbons (Fsp3) is 0.438. The number of hydrogen-bond acceptors (Lipinski definition) is 3. The molecule has 23 heavy (non-hydrogen) atoms. The molecule has 2 aromatic rings. The van der Waals surface area contributed by atoms with E-state index in [1.807, 2.05) is 42.2 Å². The predicted octanol–water partition coefficient (Wildman–Crippen LogP) is 6.04. The van der Waals surface area contributed by atoms with Crippen LogP contribution in [0.5, 0.6) is 0 Å². The highest BCUT2D eigenvalue weighted by Crippen LogP contribution is 2.51. The molecule has 0 spiro atoms. The summed E-state index contributed by atoms with van der Waals surface area (Å²) in [4.78, 5) is 4.09. The Bertz CT molecular complexity index is 632. The number of hydrogen-bond donors (Lipinski definition) is 0. The normalized spacial score (nSPS) is 16.8. The van der Waals surface area contributed by atoms with Gasteiger partial charge in [-0.3, -0.25) is 0 Å². The number of rotatable bonds is 6. The van der Waals surface area contributed by atoms with Crippen LogP contribution in [0.15, 0.2) is 30.9 Å². The van der Waals surface area contributed by atoms with Gasteiger partial charge in [-0.25, -0.2) is 4.98 Å². The standard InChI is InChI=1S/C16H17Cl3N2S2/c17-12-8-14(18)13(15(19)9-12)10-16(22-6-7-23-16)2-1-4-21-5-3-20-11-21/h3,5,8-9,11H,1-2,4,6-7,10H2. The minimum absolute atomic E-state index is 0.154. The summed E-state index contributed by atoms with van der Waals surface area (Å²) in [5, 5.41) is 1.93. The molecule has 7 heteroatoms. The Morgan fingerprint density at radius 2 is 1.83 bits per heavy atom. The predicted molar refractivity (Wildman–Crippen MR) is 104 cm³/mol. The van der Waals surface area contributed by atoms with E-state index < -0.39 is 0 Å². The van der Waals surface area contributed by atoms with Gasteiger partial charge < -0.3 is 4.57 Å². The van der Waals surface area contributed by atoms with E-state index in [1.165, 1.54) is 11.5 Å². The third-order valence-corrected chi connectivity index (χ3v) is 8.32. The minimum Gasteiger partial charge on any atom is -0.337 e. The highest BCUT2D eigenvalue weighted by molar-refractivity contribution is 8.21. The van der Waals surface area contributed by atoms with E-state index in [0.717, 1.165) is 31.4 Å². The Morgan fingerprint density at radius 3 is 2.43 bits per heavy atom. The van der Waals surface area contributed by atoms with Crippen LogP contribution in [0.1, 0.15) is 18.4 Å². The van der Waals surface area contributed by atoms with Gasteiger partial charge in [0, 0.05) is 45.5 Å². The molecule has 1 aliphatic heterocycles. The Labute approximate surface area is 160 Å². The van der Waals surface area contributed by atoms with E-state index in [9.17, 15) is 0 Å². The first-order valence-electron chi connectivity index (χ1n) is 7.45. The summed E-state index contributed by atoms with van der Waals surface area (Å²) in [6, 6.07) is 3.57. The first-order chi connectivity index (χ1) is 11.1. The highest BCUT2D eigenvalue weighted by Gasteiger charge is 2.36. The topological polar surface area (TPSA) is 17.8 Å². The van der Waals surface area contributed by atoms with Crippen molar-refractivity contribution in [3.8, 4) is 0 Å². The van der Waals surface area contributed by atoms with Crippen molar-refractivity contribution < 1.29 is 0 Å². The van der Waals surface area contributed by atoms with Crippen LogP contribution in [0.4, 0.5) is 0 Å². The zero-order valence-electron chi connectivity index (χ0n) is 12.5. The van der Waals surface area contributed by atoms with Crippen LogP contribution >= 0.6 is 58.3 Å². The lowest BCUT2D eigenvalue weighted by molar-refractivity contribution is 0.579. The Hall–Kier alpha value is -0.000000000000000167. The van der Waals surface area contributed by atoms with Crippen molar-refractivity contribution in [3.63, 3.8) is 0 Å². The summed E-state index contributed by atoms with van der Waals surface area (Å²) in [6.45, 7) is 0.991. The van der Waals surface area contributed by atoms with Gasteiger partial charge in [-0.15, -0.1) is 23.5 Å². The highest BCUT2D eigenvalue weighted by atomic mass is 35.5. The molecule has 1 fully saturated rings. The Kier molecular flexibility index (Phi) is 6.13. The maximum Gasteiger partial charge on any atom is 0.0945 e. The fourth-order valence-corrected chi connectivity index (χ4v) is 7.06. The van der Waals surface area contributed by atoms with Gasteiger partial charge in [-0.1, -0.05) is 34.8 Å². The smallest absolute Gasteiger partial charge is 0.0945 e. The number of aryl methyl sites for hydroxylation is 1. The van der Waals surface area contributed by atoms with Crippen LogP contribution in [-0.2, 0) is 13.0 Å². The molecule has 2 heterocycles. The van der Waals surface area contributed by atoms with Crippen molar-refractivity contribution in [2.24, 2.45) is 0 Å². The second-order valence-electron chi connectivity index (χ2n) is 5.54. The van der Waals surface area contributed by atoms with E-state index in [0.29, 0.717) is 15.1 Å². The van der Waals surface area contributed by atoms with Crippen molar-refractivity contribution in [1.29, 1.82) is 0 Å². The van der Waals surface area contributed by atoms with E-state index in [2.05, 4.69) is 9.55 Å². The van der Waals surface area contributed by atoms with E-state index in [-0.39, 0.29) is 4.08 Å². The molecule has 0 radical (unpaired) electrons. The summed E-state index contributed by atoms with van der Waals surface area (Å²) >= 11 is 22.9. The van der Waals surface area contributed by atoms with E-state index in [1.54, 1.807) is 12.1 Å². The van der Waals surface area contributed by atoms with Gasteiger partial charge in [0.1, 0.15) is 0 Å². The zero-order valence-corrected chi connectivity index (χ0v) is 16.4. The molecule has 0 bridgehead atoms. The number of aromatic nitrogens is 2. The second-order valence-corrected chi connectivity index (χ2v) is 10.0. The van der Waals surface area contributed by atoms with Crippen LogP contribution in [0.3, 0.4) is 0 Å². The lowest BCUT2D eigenvalue weighted by Gasteiger charge is -2.28. The quantitative estimate of drug-likeness (QED) is 0.581. The maximum absolute atomic E-state index is 6.39. The van der Waals surface area contributed by atoms with Gasteiger partial charge in [0.25, 0.3) is 0 Å². The van der Waals surface area contributed by atoms with Crippen LogP contribution in [0.2, 0.25) is 15.1 Å². The molecule has 3 rings (SSSR count). The van der Waals surface area contributed by atoms with Gasteiger partial charge in [0.05, 0.1) is 10.4 Å². The maximum atomic E-state index is 6.39. The number of benzene rings is 1. The number of nitrogens with zero attached hydrogens (tertiary/aromatic N) is 2. The molecule has 1 aliphatic rings. The molecule has 124 valence electrons. The first-order valence-corrected chi connectivity index (χ1v) is 10.6. The molecular weight excluding hydrogens is 391 g/mol. The molecule has 1 saturated heterocycles. The monoisotopic (exact) mass is 406 g/mol. The van der Waals surface area contributed by atoms with Crippen molar-refractivity contribution in [2.45, 2.75) is 29.9 Å². The van der Waals surface area contributed by atoms with Gasteiger partial charge in [0.2, 0.25) is 0 Å². The van der Waals surface area contributed by atoms with E-state index in [4.69, 9.17) is 34.8 Å². The fourth-order valence-electron chi connectivity index (χ4n) is 2.79. The van der Waals surface area contributed by atoms with Crippen LogP contribution in [0.25, 0.3) is 0 Å². The second kappa shape index (κ2) is 7.92. The van der Waals surface area contributed by atoms with Crippen molar-refractivity contribution in [1.82, 2.24) is 9.55 Å². The molecule has 0 aliphatic carbocycles. The van der Waals surface area contributed by atoms with Crippen molar-refractivity contribution in [3.05, 3.63) is 51.5 Å². The first kappa shape index (κ1) is 17.8. The largest absolute Gasteiger partial charge is 0.337 e. The molecule has 2 nitrogen and oxygen atoms in total. The van der Waals surface area contributed by atoms with E-state index >= 15 is 0 Å². The van der Waals surface area contributed by atoms with Gasteiger partial charge in [-0.2, -0.15) is 0 Å². The third kappa shape index (κ3) is 4.55. The molecule has 0 N–H and O–H groups in total. The number of halogens is 3. The van der Waals surface area contributed by atoms with Gasteiger partial charge in [-0.05, 0) is 37.0 Å². The summed E-state index contributed by atoms with van der Waals surface area (Å²) in [6.07, 6.45) is 8.81. The Balaban J connectivity index is 1.71. The minimum atomic E-state index is 0.154.